The summed E-state index contributed by atoms with van der Waals surface area (Å²) in [5.41, 5.74) is 8.01. The van der Waals surface area contributed by atoms with E-state index < -0.39 is 18.3 Å². The third kappa shape index (κ3) is 9.31. The summed E-state index contributed by atoms with van der Waals surface area (Å²) in [7, 11) is 1.65. The van der Waals surface area contributed by atoms with Gasteiger partial charge in [-0.15, -0.1) is 0 Å². The molecule has 12 heteroatoms. The lowest BCUT2D eigenvalue weighted by Crippen LogP contribution is -2.57. The molecular weight excluding hydrogens is 682 g/mol. The monoisotopic (exact) mass is 747 g/mol. The van der Waals surface area contributed by atoms with E-state index >= 15 is 0 Å². The summed E-state index contributed by atoms with van der Waals surface area (Å²) in [4.78, 5) is 14.0. The molecule has 0 aliphatic carbocycles. The molecule has 0 amide bonds. The molecule has 7 heterocycles. The Morgan fingerprint density at radius 3 is 2.36 bits per heavy atom. The number of carbonyl (C=O) groups is 1. The lowest BCUT2D eigenvalue weighted by molar-refractivity contribution is -0.254. The van der Waals surface area contributed by atoms with E-state index in [0.717, 1.165) is 56.1 Å². The number of nitrogens with two attached hydrogens (primary N) is 1. The molecule has 7 aliphatic rings. The SMILES string of the molecule is C=C1CC2CCCOC3C[C@H](C4OCC[C@H]4O)OC4CCC(CC(=O)CC5[C@H](CC6O[C@@H](CCC1O2)C[C@@H](C)C6=C)O[C@H](CC(O)CN)[C@@H]5OC)O[C@H]34. The number of carbonyl (C=O) groups excluding carboxylic acids is 1. The zero-order valence-corrected chi connectivity index (χ0v) is 31.9. The van der Waals surface area contributed by atoms with Gasteiger partial charge in [-0.3, -0.25) is 4.79 Å². The highest BCUT2D eigenvalue weighted by Crippen LogP contribution is 2.43. The first-order chi connectivity index (χ1) is 25.6. The summed E-state index contributed by atoms with van der Waals surface area (Å²) in [5, 5.41) is 21.2. The average molecular weight is 748 g/mol. The maximum atomic E-state index is 14.0. The van der Waals surface area contributed by atoms with Gasteiger partial charge in [0.05, 0.1) is 79.4 Å². The molecule has 0 aromatic carbocycles. The Balaban J connectivity index is 1.11. The highest BCUT2D eigenvalue weighted by atomic mass is 16.6. The summed E-state index contributed by atoms with van der Waals surface area (Å²) in [6.07, 6.45) is 5.06. The van der Waals surface area contributed by atoms with Crippen LogP contribution in [-0.4, -0.2) is 134 Å². The Labute approximate surface area is 315 Å². The molecule has 0 radical (unpaired) electrons. The van der Waals surface area contributed by atoms with Crippen molar-refractivity contribution in [2.45, 2.75) is 188 Å². The van der Waals surface area contributed by atoms with Crippen molar-refractivity contribution >= 4 is 5.78 Å². The topological polar surface area (TPSA) is 157 Å². The molecular formula is C41H65NO11. The normalized spacial score (nSPS) is 46.7. The molecule has 12 nitrogen and oxygen atoms in total. The van der Waals surface area contributed by atoms with Gasteiger partial charge in [0.15, 0.2) is 0 Å². The van der Waals surface area contributed by atoms with Crippen LogP contribution in [0.3, 0.4) is 0 Å². The van der Waals surface area contributed by atoms with Gasteiger partial charge in [-0.25, -0.2) is 0 Å². The second-order valence-corrected chi connectivity index (χ2v) is 17.0. The van der Waals surface area contributed by atoms with Crippen molar-refractivity contribution in [3.05, 3.63) is 24.3 Å². The smallest absolute Gasteiger partial charge is 0.135 e. The number of aliphatic hydroxyl groups is 2. The molecule has 0 saturated carbocycles. The van der Waals surface area contributed by atoms with Crippen molar-refractivity contribution in [1.29, 1.82) is 0 Å². The van der Waals surface area contributed by atoms with Crippen molar-refractivity contribution in [3.63, 3.8) is 0 Å². The molecule has 7 rings (SSSR count). The zero-order chi connectivity index (χ0) is 37.2. The number of ketones is 1. The van der Waals surface area contributed by atoms with E-state index in [-0.39, 0.29) is 110 Å². The van der Waals surface area contributed by atoms with Crippen LogP contribution in [0.2, 0.25) is 0 Å². The number of hydrogen-bond donors (Lipinski definition) is 3. The van der Waals surface area contributed by atoms with E-state index in [9.17, 15) is 15.0 Å². The Morgan fingerprint density at radius 2 is 1.58 bits per heavy atom. The second-order valence-electron chi connectivity index (χ2n) is 17.0. The minimum absolute atomic E-state index is 0.00873. The van der Waals surface area contributed by atoms with Gasteiger partial charge in [0.2, 0.25) is 0 Å². The quantitative estimate of drug-likeness (QED) is 0.351. The van der Waals surface area contributed by atoms with Crippen LogP contribution in [0.15, 0.2) is 24.3 Å². The molecule has 300 valence electrons. The van der Waals surface area contributed by atoms with Crippen LogP contribution in [0.4, 0.5) is 0 Å². The average Bonchev–Trinajstić information content (AvgIpc) is 3.82. The molecule has 0 spiro atoms. The van der Waals surface area contributed by atoms with Gasteiger partial charge >= 0.3 is 0 Å². The van der Waals surface area contributed by atoms with E-state index in [1.165, 1.54) is 0 Å². The Hall–Kier alpha value is -1.29. The fourth-order valence-electron chi connectivity index (χ4n) is 10.3. The summed E-state index contributed by atoms with van der Waals surface area (Å²) < 4.78 is 51.8. The fourth-order valence-corrected chi connectivity index (χ4v) is 10.3. The zero-order valence-electron chi connectivity index (χ0n) is 31.9. The molecule has 6 bridgehead atoms. The number of Topliss-reactive ketones (excluding diaryl/α,β-unsaturated/α-hetero) is 1. The van der Waals surface area contributed by atoms with E-state index in [2.05, 4.69) is 20.1 Å². The second kappa shape index (κ2) is 17.9. The van der Waals surface area contributed by atoms with Crippen molar-refractivity contribution in [2.24, 2.45) is 17.6 Å². The molecule has 7 saturated heterocycles. The van der Waals surface area contributed by atoms with Gasteiger partial charge in [-0.05, 0) is 74.9 Å². The number of rotatable bonds is 5. The molecule has 0 aromatic heterocycles. The van der Waals surface area contributed by atoms with E-state index in [0.29, 0.717) is 45.3 Å². The summed E-state index contributed by atoms with van der Waals surface area (Å²) in [6, 6.07) is 0. The summed E-state index contributed by atoms with van der Waals surface area (Å²) in [5.74, 6) is 0.143. The lowest BCUT2D eigenvalue weighted by Gasteiger charge is -2.47. The van der Waals surface area contributed by atoms with Gasteiger partial charge in [0.1, 0.15) is 18.0 Å². The minimum Gasteiger partial charge on any atom is -0.392 e. The molecule has 4 N–H and O–H groups in total. The third-order valence-corrected chi connectivity index (χ3v) is 13.2. The molecule has 53 heavy (non-hydrogen) atoms. The molecule has 17 atom stereocenters. The molecule has 0 aromatic rings. The lowest BCUT2D eigenvalue weighted by atomic mass is 9.81. The molecule has 7 fully saturated rings. The number of aliphatic hydroxyl groups excluding tert-OH is 2. The van der Waals surface area contributed by atoms with Crippen LogP contribution < -0.4 is 5.73 Å². The standard InChI is InChI=1S/C41H65NO11/c1-22-14-28-7-9-32-23(2)15-27(49-32)6-5-12-47-36-20-38(40-31(45)11-13-48-40)52-33-10-8-29(51-41(33)36)16-25(43)17-30-35(19-34(50-28)24(22)3)53-37(39(30)46-4)18-26(44)21-42/h22,26-41,44-45H,2-3,5-21,42H2,1,4H3/t22-,26?,27?,28+,29?,30?,31-,32?,33?,34?,35+,36?,37-,38-,39-,40?,41+/m1/s1. The first-order valence-corrected chi connectivity index (χ1v) is 20.6. The van der Waals surface area contributed by atoms with Crippen molar-refractivity contribution < 1.29 is 52.9 Å². The predicted molar refractivity (Wildman–Crippen MR) is 195 cm³/mol. The van der Waals surface area contributed by atoms with Crippen molar-refractivity contribution in [3.8, 4) is 0 Å². The number of methoxy groups -OCH3 is 1. The summed E-state index contributed by atoms with van der Waals surface area (Å²) >= 11 is 0. The van der Waals surface area contributed by atoms with Crippen LogP contribution >= 0.6 is 0 Å². The van der Waals surface area contributed by atoms with Crippen molar-refractivity contribution in [1.82, 2.24) is 0 Å². The largest absolute Gasteiger partial charge is 0.392 e. The van der Waals surface area contributed by atoms with E-state index in [1.807, 2.05) is 0 Å². The fraction of sp³-hybridized carbons (Fsp3) is 0.878. The highest BCUT2D eigenvalue weighted by molar-refractivity contribution is 5.79. The van der Waals surface area contributed by atoms with E-state index in [4.69, 9.17) is 43.6 Å². The highest BCUT2D eigenvalue weighted by Gasteiger charge is 2.50. The van der Waals surface area contributed by atoms with Crippen LogP contribution in [0.25, 0.3) is 0 Å². The Morgan fingerprint density at radius 1 is 0.792 bits per heavy atom. The Bertz CT molecular complexity index is 1270. The molecule has 7 aliphatic heterocycles. The third-order valence-electron chi connectivity index (χ3n) is 13.2. The first-order valence-electron chi connectivity index (χ1n) is 20.6. The maximum Gasteiger partial charge on any atom is 0.135 e. The first kappa shape index (κ1) is 39.9. The van der Waals surface area contributed by atoms with Crippen LogP contribution in [0.5, 0.6) is 0 Å². The van der Waals surface area contributed by atoms with Crippen molar-refractivity contribution in [2.75, 3.05) is 26.9 Å². The number of fused-ring (bicyclic) bond motifs is 6. The Kier molecular flexibility index (Phi) is 13.5. The van der Waals surface area contributed by atoms with E-state index in [1.54, 1.807) is 7.11 Å². The minimum atomic E-state index is -0.735. The van der Waals surface area contributed by atoms with Crippen LogP contribution in [0, 0.1) is 11.8 Å². The number of ether oxygens (including phenoxy) is 8. The van der Waals surface area contributed by atoms with Gasteiger partial charge in [-0.2, -0.15) is 0 Å². The number of hydrogen-bond acceptors (Lipinski definition) is 12. The molecule has 9 unspecified atom stereocenters. The van der Waals surface area contributed by atoms with Gasteiger partial charge in [-0.1, -0.05) is 20.1 Å². The van der Waals surface area contributed by atoms with Crippen LogP contribution in [-0.2, 0) is 42.7 Å². The predicted octanol–water partition coefficient (Wildman–Crippen LogP) is 3.71. The van der Waals surface area contributed by atoms with Crippen LogP contribution in [0.1, 0.15) is 96.8 Å². The van der Waals surface area contributed by atoms with Gasteiger partial charge in [0, 0.05) is 64.9 Å². The maximum absolute atomic E-state index is 14.0. The summed E-state index contributed by atoms with van der Waals surface area (Å²) in [6.45, 7) is 12.3. The van der Waals surface area contributed by atoms with Gasteiger partial charge in [0.25, 0.3) is 0 Å². The van der Waals surface area contributed by atoms with Gasteiger partial charge < -0.3 is 53.8 Å².